The van der Waals surface area contributed by atoms with Gasteiger partial charge in [-0.25, -0.2) is 0 Å². The number of nitrogens with zero attached hydrogens (tertiary/aromatic N) is 1. The van der Waals surface area contributed by atoms with Gasteiger partial charge in [0.25, 0.3) is 0 Å². The number of rotatable bonds is 11. The smallest absolute Gasteiger partial charge is 0.250 e. The van der Waals surface area contributed by atoms with Crippen molar-refractivity contribution in [3.63, 3.8) is 0 Å². The summed E-state index contributed by atoms with van der Waals surface area (Å²) in [5.41, 5.74) is -0.296. The summed E-state index contributed by atoms with van der Waals surface area (Å²) in [5.74, 6) is -1.95. The average Bonchev–Trinajstić information content (AvgIpc) is 3.58. The van der Waals surface area contributed by atoms with Gasteiger partial charge in [-0.1, -0.05) is 44.5 Å². The van der Waals surface area contributed by atoms with Crippen molar-refractivity contribution in [1.29, 1.82) is 0 Å². The van der Waals surface area contributed by atoms with Gasteiger partial charge >= 0.3 is 0 Å². The van der Waals surface area contributed by atoms with Crippen molar-refractivity contribution in [2.45, 2.75) is 83.6 Å². The molecule has 0 aromatic heterocycles. The van der Waals surface area contributed by atoms with Gasteiger partial charge in [-0.2, -0.15) is 0 Å². The molecule has 6 atom stereocenters. The number of benzene rings is 2. The molecule has 0 radical (unpaired) electrons. The maximum atomic E-state index is 14.5. The van der Waals surface area contributed by atoms with E-state index in [0.717, 1.165) is 5.56 Å². The number of halogens is 1. The number of nitrogens with one attached hydrogen (secondary N) is 2. The molecule has 3 N–H and O–H groups in total. The largest absolute Gasteiger partial charge is 0.494 e. The van der Waals surface area contributed by atoms with E-state index in [2.05, 4.69) is 10.6 Å². The van der Waals surface area contributed by atoms with E-state index >= 15 is 0 Å². The fourth-order valence-corrected chi connectivity index (χ4v) is 7.84. The molecule has 9 nitrogen and oxygen atoms in total. The van der Waals surface area contributed by atoms with Gasteiger partial charge in [0.1, 0.15) is 17.4 Å². The van der Waals surface area contributed by atoms with E-state index in [1.165, 1.54) is 4.90 Å². The number of hydrogen-bond acceptors (Lipinski definition) is 6. The summed E-state index contributed by atoms with van der Waals surface area (Å²) in [6, 6.07) is 10.8. The molecule has 232 valence electrons. The molecule has 3 saturated heterocycles. The first kappa shape index (κ1) is 31.3. The second-order valence-corrected chi connectivity index (χ2v) is 12.8. The van der Waals surface area contributed by atoms with Crippen LogP contribution in [0, 0.1) is 24.7 Å². The molecule has 3 aliphatic heterocycles. The van der Waals surface area contributed by atoms with Gasteiger partial charge in [0.2, 0.25) is 17.7 Å². The van der Waals surface area contributed by atoms with Crippen molar-refractivity contribution >= 4 is 40.7 Å². The van der Waals surface area contributed by atoms with Crippen LogP contribution in [-0.2, 0) is 19.1 Å². The normalized spacial score (nSPS) is 28.2. The monoisotopic (exact) mass is 611 g/mol. The Kier molecular flexibility index (Phi) is 8.80. The molecule has 5 rings (SSSR count). The van der Waals surface area contributed by atoms with E-state index in [1.807, 2.05) is 40.7 Å². The molecule has 1 spiro atoms. The van der Waals surface area contributed by atoms with Crippen molar-refractivity contribution in [2.24, 2.45) is 17.8 Å². The molecule has 43 heavy (non-hydrogen) atoms. The van der Waals surface area contributed by atoms with Crippen LogP contribution in [-0.4, -0.2) is 64.2 Å². The molecule has 3 fully saturated rings. The van der Waals surface area contributed by atoms with Crippen molar-refractivity contribution in [3.8, 4) is 5.75 Å². The molecule has 2 aromatic rings. The van der Waals surface area contributed by atoms with E-state index in [-0.39, 0.29) is 24.3 Å². The lowest BCUT2D eigenvalue weighted by molar-refractivity contribution is -0.148. The van der Waals surface area contributed by atoms with Crippen molar-refractivity contribution in [3.05, 3.63) is 53.1 Å². The number of carbonyl (C=O) groups excluding carboxylic acids is 3. The first-order valence-corrected chi connectivity index (χ1v) is 15.6. The Morgan fingerprint density at radius 3 is 2.44 bits per heavy atom. The standard InChI is InChI=1S/C33H42ClN3O6/c1-6-32-15-16-33(43-32)26(25(32)29(39)35-21-11-13-23(14-12-21)42-7-2)31(41)37(22(18-38)17-19(3)4)28(33)30(40)36-27-20(5)9-8-10-24(27)34/h8-14,19,22,25-26,28,38H,6-7,15-18H2,1-5H3,(H,35,39)(H,36,40)/t22-,25+,26+,28?,32-,33?/m1/s1. The van der Waals surface area contributed by atoms with Gasteiger partial charge in [0.15, 0.2) is 0 Å². The first-order valence-electron chi connectivity index (χ1n) is 15.2. The SMILES string of the molecule is CCOc1ccc(NC(=O)[C@@H]2[C@H]3C(=O)N([C@@H](CO)CC(C)C)C(C(=O)Nc4c(C)cccc4Cl)C34CC[C@@]2(CC)O4)cc1. The highest BCUT2D eigenvalue weighted by Gasteiger charge is 2.79. The topological polar surface area (TPSA) is 117 Å². The van der Waals surface area contributed by atoms with Crippen LogP contribution in [0.2, 0.25) is 5.02 Å². The zero-order valence-corrected chi connectivity index (χ0v) is 26.2. The Hall–Kier alpha value is -3.14. The van der Waals surface area contributed by atoms with Crippen LogP contribution in [0.1, 0.15) is 58.9 Å². The highest BCUT2D eigenvalue weighted by Crippen LogP contribution is 2.64. The van der Waals surface area contributed by atoms with Crippen LogP contribution in [0.5, 0.6) is 5.75 Å². The van der Waals surface area contributed by atoms with Gasteiger partial charge in [0, 0.05) is 5.69 Å². The second-order valence-electron chi connectivity index (χ2n) is 12.4. The van der Waals surface area contributed by atoms with Crippen molar-refractivity contribution in [2.75, 3.05) is 23.8 Å². The molecule has 3 amide bonds. The molecular weight excluding hydrogens is 570 g/mol. The van der Waals surface area contributed by atoms with Crippen LogP contribution in [0.25, 0.3) is 0 Å². The van der Waals surface area contributed by atoms with Gasteiger partial charge < -0.3 is 30.1 Å². The molecule has 0 aliphatic carbocycles. The highest BCUT2D eigenvalue weighted by molar-refractivity contribution is 6.34. The third kappa shape index (κ3) is 5.29. The summed E-state index contributed by atoms with van der Waals surface area (Å²) in [5, 5.41) is 16.9. The lowest BCUT2D eigenvalue weighted by Crippen LogP contribution is -2.56. The number of likely N-dealkylation sites (tertiary alicyclic amines) is 1. The molecule has 0 saturated carbocycles. The molecule has 3 heterocycles. The number of hydrogen-bond donors (Lipinski definition) is 3. The summed E-state index contributed by atoms with van der Waals surface area (Å²) in [7, 11) is 0. The Bertz CT molecular complexity index is 1360. The summed E-state index contributed by atoms with van der Waals surface area (Å²) in [6.45, 7) is 9.93. The Morgan fingerprint density at radius 1 is 1.12 bits per heavy atom. The minimum atomic E-state index is -1.22. The molecular formula is C33H42ClN3O6. The predicted molar refractivity (Wildman–Crippen MR) is 165 cm³/mol. The van der Waals surface area contributed by atoms with Crippen LogP contribution < -0.4 is 15.4 Å². The maximum absolute atomic E-state index is 14.5. The van der Waals surface area contributed by atoms with Gasteiger partial charge in [-0.15, -0.1) is 0 Å². The van der Waals surface area contributed by atoms with Gasteiger partial charge in [0.05, 0.1) is 47.4 Å². The Balaban J connectivity index is 1.55. The van der Waals surface area contributed by atoms with Gasteiger partial charge in [-0.05, 0) is 81.3 Å². The number of aliphatic hydroxyl groups is 1. The molecule has 10 heteroatoms. The molecule has 2 bridgehead atoms. The lowest BCUT2D eigenvalue weighted by atomic mass is 9.65. The van der Waals surface area contributed by atoms with E-state index in [1.54, 1.807) is 36.4 Å². The minimum absolute atomic E-state index is 0.149. The zero-order valence-electron chi connectivity index (χ0n) is 25.5. The van der Waals surface area contributed by atoms with E-state index in [9.17, 15) is 19.5 Å². The molecule has 3 aliphatic rings. The molecule has 2 unspecified atom stereocenters. The summed E-state index contributed by atoms with van der Waals surface area (Å²) >= 11 is 6.48. The van der Waals surface area contributed by atoms with Crippen LogP contribution in [0.4, 0.5) is 11.4 Å². The summed E-state index contributed by atoms with van der Waals surface area (Å²) in [4.78, 5) is 44.4. The van der Waals surface area contributed by atoms with Crippen molar-refractivity contribution < 1.29 is 29.0 Å². The molecule has 2 aromatic carbocycles. The Labute approximate surface area is 258 Å². The number of para-hydroxylation sites is 1. The lowest BCUT2D eigenvalue weighted by Gasteiger charge is -2.38. The van der Waals surface area contributed by atoms with E-state index < -0.39 is 41.0 Å². The van der Waals surface area contributed by atoms with Crippen molar-refractivity contribution in [1.82, 2.24) is 4.90 Å². The second kappa shape index (κ2) is 12.1. The van der Waals surface area contributed by atoms with Crippen LogP contribution in [0.3, 0.4) is 0 Å². The third-order valence-corrected chi connectivity index (χ3v) is 9.72. The quantitative estimate of drug-likeness (QED) is 0.322. The number of ether oxygens (including phenoxy) is 2. The zero-order chi connectivity index (χ0) is 31.1. The van der Waals surface area contributed by atoms with E-state index in [4.69, 9.17) is 21.1 Å². The van der Waals surface area contributed by atoms with Gasteiger partial charge in [-0.3, -0.25) is 14.4 Å². The summed E-state index contributed by atoms with van der Waals surface area (Å²) in [6.07, 6.45) is 1.97. The number of aliphatic hydroxyl groups excluding tert-OH is 1. The third-order valence-electron chi connectivity index (χ3n) is 9.40. The number of fused-ring (bicyclic) bond motifs is 1. The van der Waals surface area contributed by atoms with Crippen LogP contribution >= 0.6 is 11.6 Å². The predicted octanol–water partition coefficient (Wildman–Crippen LogP) is 5.19. The minimum Gasteiger partial charge on any atom is -0.494 e. The number of aryl methyl sites for hydroxylation is 1. The fourth-order valence-electron chi connectivity index (χ4n) is 7.57. The fraction of sp³-hybridized carbons (Fsp3) is 0.545. The highest BCUT2D eigenvalue weighted by atomic mass is 35.5. The number of anilines is 2. The number of carbonyl (C=O) groups is 3. The Morgan fingerprint density at radius 2 is 1.84 bits per heavy atom. The first-order chi connectivity index (χ1) is 20.5. The number of amides is 3. The average molecular weight is 612 g/mol. The maximum Gasteiger partial charge on any atom is 0.250 e. The summed E-state index contributed by atoms with van der Waals surface area (Å²) < 4.78 is 12.4. The van der Waals surface area contributed by atoms with Crippen LogP contribution in [0.15, 0.2) is 42.5 Å². The van der Waals surface area contributed by atoms with E-state index in [0.29, 0.717) is 54.4 Å².